The van der Waals surface area contributed by atoms with Crippen LogP contribution in [0.4, 0.5) is 0 Å². The van der Waals surface area contributed by atoms with Crippen molar-refractivity contribution < 1.29 is 4.52 Å². The van der Waals surface area contributed by atoms with Crippen LogP contribution in [0.1, 0.15) is 62.0 Å². The highest BCUT2D eigenvalue weighted by atomic mass is 16.5. The Morgan fingerprint density at radius 2 is 2.19 bits per heavy atom. The number of hydrogen-bond donors (Lipinski definition) is 0. The summed E-state index contributed by atoms with van der Waals surface area (Å²) in [5.41, 5.74) is 0.993. The van der Waals surface area contributed by atoms with Crippen molar-refractivity contribution in [3.05, 3.63) is 36.0 Å². The Labute approximate surface area is 124 Å². The smallest absolute Gasteiger partial charge is 0.229 e. The average Bonchev–Trinajstić information content (AvgIpc) is 3.18. The second-order valence-corrected chi connectivity index (χ2v) is 5.76. The van der Waals surface area contributed by atoms with Gasteiger partial charge in [0.15, 0.2) is 5.82 Å². The second-order valence-electron chi connectivity index (χ2n) is 5.76. The molecule has 0 spiro atoms. The molecule has 1 atom stereocenters. The zero-order valence-electron chi connectivity index (χ0n) is 12.6. The van der Waals surface area contributed by atoms with Crippen LogP contribution in [0.3, 0.4) is 0 Å². The topological polar surface area (TPSA) is 67.9 Å². The maximum atomic E-state index is 5.42. The summed E-state index contributed by atoms with van der Waals surface area (Å²) in [5.74, 6) is 2.03. The predicted octanol–water partition coefficient (Wildman–Crippen LogP) is 2.71. The summed E-state index contributed by atoms with van der Waals surface area (Å²) in [4.78, 5) is 15.0. The molecule has 2 heterocycles. The Morgan fingerprint density at radius 3 is 2.90 bits per heavy atom. The largest absolute Gasteiger partial charge is 0.339 e. The molecule has 0 amide bonds. The minimum absolute atomic E-state index is 0.182. The minimum Gasteiger partial charge on any atom is -0.339 e. The van der Waals surface area contributed by atoms with Crippen molar-refractivity contribution in [2.75, 3.05) is 7.05 Å². The molecule has 1 fully saturated rings. The zero-order valence-corrected chi connectivity index (χ0v) is 12.6. The van der Waals surface area contributed by atoms with Crippen molar-refractivity contribution in [1.82, 2.24) is 25.0 Å². The average molecular weight is 287 g/mol. The molecule has 112 valence electrons. The highest BCUT2D eigenvalue weighted by Gasteiger charge is 2.23. The normalized spacial score (nSPS) is 17.5. The van der Waals surface area contributed by atoms with Crippen molar-refractivity contribution in [3.8, 4) is 0 Å². The lowest BCUT2D eigenvalue weighted by Gasteiger charge is -2.22. The van der Waals surface area contributed by atoms with Gasteiger partial charge >= 0.3 is 0 Å². The van der Waals surface area contributed by atoms with E-state index in [1.807, 2.05) is 13.1 Å². The summed E-state index contributed by atoms with van der Waals surface area (Å²) in [6.45, 7) is 2.77. The summed E-state index contributed by atoms with van der Waals surface area (Å²) in [5, 5.41) is 4.12. The van der Waals surface area contributed by atoms with Crippen LogP contribution in [-0.2, 0) is 6.54 Å². The molecule has 1 unspecified atom stereocenters. The lowest BCUT2D eigenvalue weighted by molar-refractivity contribution is 0.238. The summed E-state index contributed by atoms with van der Waals surface area (Å²) in [7, 11) is 2.04. The molecule has 0 bridgehead atoms. The van der Waals surface area contributed by atoms with Crippen molar-refractivity contribution in [3.63, 3.8) is 0 Å². The Balaban J connectivity index is 1.63. The molecule has 6 heteroatoms. The van der Waals surface area contributed by atoms with Crippen molar-refractivity contribution in [1.29, 1.82) is 0 Å². The molecule has 21 heavy (non-hydrogen) atoms. The van der Waals surface area contributed by atoms with Crippen molar-refractivity contribution in [2.24, 2.45) is 0 Å². The van der Waals surface area contributed by atoms with Gasteiger partial charge in [-0.2, -0.15) is 4.98 Å². The molecule has 3 rings (SSSR count). The summed E-state index contributed by atoms with van der Waals surface area (Å²) in [6, 6.07) is 2.11. The molecular formula is C15H21N5O. The van der Waals surface area contributed by atoms with Gasteiger partial charge in [-0.05, 0) is 32.9 Å². The first-order chi connectivity index (χ1) is 10.2. The number of nitrogens with zero attached hydrogens (tertiary/aromatic N) is 5. The van der Waals surface area contributed by atoms with Crippen molar-refractivity contribution >= 4 is 0 Å². The van der Waals surface area contributed by atoms with Gasteiger partial charge in [-0.1, -0.05) is 18.0 Å². The molecule has 6 nitrogen and oxygen atoms in total. The molecule has 0 aliphatic heterocycles. The van der Waals surface area contributed by atoms with E-state index in [9.17, 15) is 0 Å². The number of aromatic nitrogens is 4. The standard InChI is InChI=1S/C15H21N5O/c1-11(13-7-8-16-10-17-13)20(2)9-14-18-15(21-19-14)12-5-3-4-6-12/h7-8,10-12H,3-6,9H2,1-2H3. The maximum Gasteiger partial charge on any atom is 0.229 e. The molecule has 1 aliphatic carbocycles. The molecule has 0 radical (unpaired) electrons. The predicted molar refractivity (Wildman–Crippen MR) is 77.4 cm³/mol. The van der Waals surface area contributed by atoms with Gasteiger partial charge in [-0.15, -0.1) is 0 Å². The number of rotatable bonds is 5. The van der Waals surface area contributed by atoms with Crippen LogP contribution >= 0.6 is 0 Å². The Hall–Kier alpha value is -1.82. The third kappa shape index (κ3) is 3.26. The highest BCUT2D eigenvalue weighted by Crippen LogP contribution is 2.33. The van der Waals surface area contributed by atoms with Crippen molar-refractivity contribution in [2.45, 2.75) is 51.1 Å². The molecule has 2 aromatic rings. The van der Waals surface area contributed by atoms with E-state index in [2.05, 4.69) is 31.9 Å². The molecule has 0 saturated heterocycles. The van der Waals surface area contributed by atoms with E-state index in [1.54, 1.807) is 12.5 Å². The maximum absolute atomic E-state index is 5.42. The van der Waals surface area contributed by atoms with E-state index >= 15 is 0 Å². The van der Waals surface area contributed by atoms with Crippen LogP contribution < -0.4 is 0 Å². The SMILES string of the molecule is CC(c1ccncn1)N(C)Cc1noc(C2CCCC2)n1. The molecule has 1 saturated carbocycles. The third-order valence-electron chi connectivity index (χ3n) is 4.27. The minimum atomic E-state index is 0.182. The zero-order chi connectivity index (χ0) is 14.7. The van der Waals surface area contributed by atoms with Crippen LogP contribution in [0.5, 0.6) is 0 Å². The van der Waals surface area contributed by atoms with Crippen LogP contribution in [0.25, 0.3) is 0 Å². The van der Waals surface area contributed by atoms with Gasteiger partial charge in [0, 0.05) is 18.2 Å². The van der Waals surface area contributed by atoms with E-state index in [0.717, 1.165) is 17.4 Å². The molecule has 2 aromatic heterocycles. The number of hydrogen-bond acceptors (Lipinski definition) is 6. The van der Waals surface area contributed by atoms with Crippen LogP contribution in [-0.4, -0.2) is 32.1 Å². The molecule has 1 aliphatic rings. The monoisotopic (exact) mass is 287 g/mol. The fourth-order valence-electron chi connectivity index (χ4n) is 2.80. The van der Waals surface area contributed by atoms with E-state index in [4.69, 9.17) is 4.52 Å². The van der Waals surface area contributed by atoms with Gasteiger partial charge < -0.3 is 4.52 Å². The fraction of sp³-hybridized carbons (Fsp3) is 0.600. The van der Waals surface area contributed by atoms with Gasteiger partial charge in [0.2, 0.25) is 5.89 Å². The first-order valence-corrected chi connectivity index (χ1v) is 7.52. The van der Waals surface area contributed by atoms with Gasteiger partial charge in [-0.3, -0.25) is 4.90 Å². The lowest BCUT2D eigenvalue weighted by atomic mass is 10.1. The van der Waals surface area contributed by atoms with E-state index in [1.165, 1.54) is 25.7 Å². The highest BCUT2D eigenvalue weighted by molar-refractivity contribution is 5.04. The van der Waals surface area contributed by atoms with Crippen LogP contribution in [0.2, 0.25) is 0 Å². The van der Waals surface area contributed by atoms with Gasteiger partial charge in [-0.25, -0.2) is 9.97 Å². The van der Waals surface area contributed by atoms with Gasteiger partial charge in [0.1, 0.15) is 6.33 Å². The fourth-order valence-corrected chi connectivity index (χ4v) is 2.80. The Morgan fingerprint density at radius 1 is 1.38 bits per heavy atom. The quantitative estimate of drug-likeness (QED) is 0.842. The van der Waals surface area contributed by atoms with E-state index < -0.39 is 0 Å². The second kappa shape index (κ2) is 6.30. The van der Waals surface area contributed by atoms with Crippen LogP contribution in [0.15, 0.2) is 23.1 Å². The third-order valence-corrected chi connectivity index (χ3v) is 4.27. The molecule has 0 N–H and O–H groups in total. The summed E-state index contributed by atoms with van der Waals surface area (Å²) >= 11 is 0. The van der Waals surface area contributed by atoms with E-state index in [-0.39, 0.29) is 6.04 Å². The first kappa shape index (κ1) is 14.1. The summed E-state index contributed by atoms with van der Waals surface area (Å²) in [6.07, 6.45) is 8.23. The van der Waals surface area contributed by atoms with E-state index in [0.29, 0.717) is 12.5 Å². The lowest BCUT2D eigenvalue weighted by Crippen LogP contribution is -2.23. The molecular weight excluding hydrogens is 266 g/mol. The Bertz CT molecular complexity index is 564. The first-order valence-electron chi connectivity index (χ1n) is 7.52. The van der Waals surface area contributed by atoms with Crippen LogP contribution in [0, 0.1) is 0 Å². The van der Waals surface area contributed by atoms with Gasteiger partial charge in [0.25, 0.3) is 0 Å². The summed E-state index contributed by atoms with van der Waals surface area (Å²) < 4.78 is 5.42. The van der Waals surface area contributed by atoms with Gasteiger partial charge in [0.05, 0.1) is 12.2 Å². The Kier molecular flexibility index (Phi) is 4.24. The molecule has 0 aromatic carbocycles.